The number of rotatable bonds is 5. The minimum atomic E-state index is 0.505. The van der Waals surface area contributed by atoms with E-state index in [1.54, 1.807) is 0 Å². The van der Waals surface area contributed by atoms with Gasteiger partial charge in [-0.3, -0.25) is 0 Å². The van der Waals surface area contributed by atoms with Crippen LogP contribution in [0.4, 0.5) is 0 Å². The quantitative estimate of drug-likeness (QED) is 0.628. The first kappa shape index (κ1) is 13.5. The summed E-state index contributed by atoms with van der Waals surface area (Å²) in [5.74, 6) is 1.61. The van der Waals surface area contributed by atoms with Crippen LogP contribution in [0.1, 0.15) is 46.0 Å². The van der Waals surface area contributed by atoms with Gasteiger partial charge in [-0.1, -0.05) is 37.6 Å². The third kappa shape index (κ3) is 4.13. The van der Waals surface area contributed by atoms with Gasteiger partial charge in [0.1, 0.15) is 0 Å². The van der Waals surface area contributed by atoms with Crippen molar-refractivity contribution in [1.82, 2.24) is 0 Å². The molecule has 0 bridgehead atoms. The van der Waals surface area contributed by atoms with Gasteiger partial charge >= 0.3 is 0 Å². The first-order chi connectivity index (χ1) is 7.67. The van der Waals surface area contributed by atoms with Crippen LogP contribution in [0.5, 0.6) is 0 Å². The highest BCUT2D eigenvalue weighted by Gasteiger charge is 2.25. The smallest absolute Gasteiger partial charge is 0.0574 e. The topological polar surface area (TPSA) is 9.23 Å². The molecule has 3 atom stereocenters. The fourth-order valence-corrected chi connectivity index (χ4v) is 2.86. The molecule has 0 heterocycles. The number of hydrogen-bond donors (Lipinski definition) is 0. The van der Waals surface area contributed by atoms with Gasteiger partial charge in [0, 0.05) is 7.11 Å². The van der Waals surface area contributed by atoms with E-state index in [1.165, 1.54) is 37.7 Å². The number of hydrogen-bond acceptors (Lipinski definition) is 1. The van der Waals surface area contributed by atoms with Gasteiger partial charge in [-0.15, -0.1) is 0 Å². The third-order valence-electron chi connectivity index (χ3n) is 3.85. The molecule has 1 fully saturated rings. The van der Waals surface area contributed by atoms with Crippen LogP contribution < -0.4 is 0 Å². The Labute approximate surface area is 101 Å². The molecule has 0 saturated heterocycles. The molecule has 1 aliphatic rings. The van der Waals surface area contributed by atoms with Crippen molar-refractivity contribution in [2.45, 2.75) is 52.1 Å². The Morgan fingerprint density at radius 2 is 2.25 bits per heavy atom. The molecular weight excluding hydrogens is 196 g/mol. The van der Waals surface area contributed by atoms with Crippen molar-refractivity contribution < 1.29 is 4.74 Å². The van der Waals surface area contributed by atoms with Crippen LogP contribution in [0.25, 0.3) is 0 Å². The van der Waals surface area contributed by atoms with E-state index >= 15 is 0 Å². The zero-order valence-electron chi connectivity index (χ0n) is 11.0. The highest BCUT2D eigenvalue weighted by molar-refractivity contribution is 5.08. The molecule has 16 heavy (non-hydrogen) atoms. The summed E-state index contributed by atoms with van der Waals surface area (Å²) in [4.78, 5) is 0. The Bertz CT molecular complexity index is 242. The Hall–Kier alpha value is -0.560. The normalized spacial score (nSPS) is 28.8. The predicted molar refractivity (Wildman–Crippen MR) is 70.5 cm³/mol. The minimum Gasteiger partial charge on any atom is -0.381 e. The van der Waals surface area contributed by atoms with Crippen molar-refractivity contribution in [3.63, 3.8) is 0 Å². The maximum absolute atomic E-state index is 5.49. The lowest BCUT2D eigenvalue weighted by atomic mass is 9.77. The zero-order valence-corrected chi connectivity index (χ0v) is 11.0. The van der Waals surface area contributed by atoms with Gasteiger partial charge in [0.15, 0.2) is 0 Å². The van der Waals surface area contributed by atoms with Gasteiger partial charge in [-0.2, -0.15) is 0 Å². The van der Waals surface area contributed by atoms with Crippen molar-refractivity contribution in [3.05, 3.63) is 24.3 Å². The molecule has 0 radical (unpaired) electrons. The van der Waals surface area contributed by atoms with Crippen molar-refractivity contribution in [2.24, 2.45) is 11.8 Å². The van der Waals surface area contributed by atoms with Crippen molar-refractivity contribution >= 4 is 0 Å². The Morgan fingerprint density at radius 3 is 2.88 bits per heavy atom. The summed E-state index contributed by atoms with van der Waals surface area (Å²) in [5, 5.41) is 0. The van der Waals surface area contributed by atoms with Crippen LogP contribution in [0, 0.1) is 11.8 Å². The highest BCUT2D eigenvalue weighted by Crippen LogP contribution is 2.34. The van der Waals surface area contributed by atoms with Crippen molar-refractivity contribution in [3.8, 4) is 0 Å². The molecule has 1 saturated carbocycles. The average molecular weight is 222 g/mol. The Balaban J connectivity index is 2.43. The van der Waals surface area contributed by atoms with Crippen molar-refractivity contribution in [1.29, 1.82) is 0 Å². The Morgan fingerprint density at radius 1 is 1.50 bits per heavy atom. The first-order valence-corrected chi connectivity index (χ1v) is 6.48. The summed E-state index contributed by atoms with van der Waals surface area (Å²) in [6.45, 7) is 8.33. The van der Waals surface area contributed by atoms with E-state index in [0.717, 1.165) is 11.8 Å². The second kappa shape index (κ2) is 6.90. The monoisotopic (exact) mass is 222 g/mol. The molecule has 3 unspecified atom stereocenters. The summed E-state index contributed by atoms with van der Waals surface area (Å²) in [7, 11) is 1.85. The summed E-state index contributed by atoms with van der Waals surface area (Å²) in [5.41, 5.74) is 1.45. The van der Waals surface area contributed by atoms with Gasteiger partial charge in [0.05, 0.1) is 6.10 Å². The van der Waals surface area contributed by atoms with Gasteiger partial charge in [0.25, 0.3) is 0 Å². The average Bonchev–Trinajstić information content (AvgIpc) is 2.29. The van der Waals surface area contributed by atoms with Gasteiger partial charge in [-0.25, -0.2) is 0 Å². The molecule has 1 heteroatoms. The summed E-state index contributed by atoms with van der Waals surface area (Å²) in [6.07, 6.45) is 10.9. The zero-order chi connectivity index (χ0) is 12.0. The summed E-state index contributed by atoms with van der Waals surface area (Å²) in [6, 6.07) is 0. The lowest BCUT2D eigenvalue weighted by Crippen LogP contribution is -2.25. The highest BCUT2D eigenvalue weighted by atomic mass is 16.5. The number of allylic oxidation sites excluding steroid dienone is 3. The van der Waals surface area contributed by atoms with E-state index in [0.29, 0.717) is 6.10 Å². The van der Waals surface area contributed by atoms with Crippen LogP contribution >= 0.6 is 0 Å². The van der Waals surface area contributed by atoms with Gasteiger partial charge < -0.3 is 4.74 Å². The van der Waals surface area contributed by atoms with E-state index in [4.69, 9.17) is 4.74 Å². The summed E-state index contributed by atoms with van der Waals surface area (Å²) >= 11 is 0. The van der Waals surface area contributed by atoms with Crippen molar-refractivity contribution in [2.75, 3.05) is 7.11 Å². The van der Waals surface area contributed by atoms with Crippen LogP contribution in [0.3, 0.4) is 0 Å². The number of ether oxygens (including phenoxy) is 1. The molecule has 92 valence electrons. The number of methoxy groups -OCH3 is 1. The molecule has 0 spiro atoms. The first-order valence-electron chi connectivity index (χ1n) is 6.48. The largest absolute Gasteiger partial charge is 0.381 e. The van der Waals surface area contributed by atoms with Gasteiger partial charge in [-0.05, 0) is 44.4 Å². The molecule has 0 aromatic rings. The maximum Gasteiger partial charge on any atom is 0.0574 e. The molecule has 0 N–H and O–H groups in total. The standard InChI is InChI=1S/C15H26O/c1-5-7-12(2)10-13(3)14-8-6-9-15(11-14)16-4/h5,7,13-15H,1,6,8-11H2,2-4H3/b12-7+. The Kier molecular flexibility index (Phi) is 5.83. The molecule has 0 aromatic heterocycles. The molecule has 0 aliphatic heterocycles. The van der Waals surface area contributed by atoms with E-state index < -0.39 is 0 Å². The lowest BCUT2D eigenvalue weighted by molar-refractivity contribution is 0.0389. The SMILES string of the molecule is C=C/C=C(\C)CC(C)C1CCCC(OC)C1. The van der Waals surface area contributed by atoms with E-state index in [9.17, 15) is 0 Å². The van der Waals surface area contributed by atoms with Crippen LogP contribution in [-0.2, 0) is 4.74 Å². The molecule has 1 rings (SSSR count). The van der Waals surface area contributed by atoms with E-state index in [-0.39, 0.29) is 0 Å². The molecule has 0 aromatic carbocycles. The molecule has 1 nitrogen and oxygen atoms in total. The molecule has 0 amide bonds. The second-order valence-corrected chi connectivity index (χ2v) is 5.21. The van der Waals surface area contributed by atoms with E-state index in [1.807, 2.05) is 13.2 Å². The fraction of sp³-hybridized carbons (Fsp3) is 0.733. The van der Waals surface area contributed by atoms with Crippen LogP contribution in [-0.4, -0.2) is 13.2 Å². The third-order valence-corrected chi connectivity index (χ3v) is 3.85. The molecule has 1 aliphatic carbocycles. The fourth-order valence-electron chi connectivity index (χ4n) is 2.86. The molecular formula is C15H26O. The predicted octanol–water partition coefficient (Wildman–Crippen LogP) is 4.35. The van der Waals surface area contributed by atoms with E-state index in [2.05, 4.69) is 26.5 Å². The summed E-state index contributed by atoms with van der Waals surface area (Å²) < 4.78 is 5.49. The van der Waals surface area contributed by atoms with Gasteiger partial charge in [0.2, 0.25) is 0 Å². The maximum atomic E-state index is 5.49. The second-order valence-electron chi connectivity index (χ2n) is 5.21. The van der Waals surface area contributed by atoms with Crippen LogP contribution in [0.2, 0.25) is 0 Å². The lowest BCUT2D eigenvalue weighted by Gasteiger charge is -2.32. The van der Waals surface area contributed by atoms with Crippen LogP contribution in [0.15, 0.2) is 24.3 Å². The minimum absolute atomic E-state index is 0.505.